The fourth-order valence-electron chi connectivity index (χ4n) is 1.38. The average Bonchev–Trinajstić information content (AvgIpc) is 2.83. The molecule has 2 aromatic rings. The fraction of sp³-hybridized carbons (Fsp3) is 0.400. The molecule has 0 aliphatic rings. The van der Waals surface area contributed by atoms with Crippen LogP contribution in [0.5, 0.6) is 0 Å². The summed E-state index contributed by atoms with van der Waals surface area (Å²) in [5.41, 5.74) is 2.21. The maximum Gasteiger partial charge on any atom is 0.115 e. The number of aromatic nitrogens is 3. The molecule has 0 bridgehead atoms. The van der Waals surface area contributed by atoms with Crippen molar-refractivity contribution < 1.29 is 0 Å². The largest absolute Gasteiger partial charge is 0.373 e. The first kappa shape index (κ1) is 10.2. The second-order valence-corrected chi connectivity index (χ2v) is 4.43. The first-order chi connectivity index (χ1) is 7.18. The van der Waals surface area contributed by atoms with E-state index in [0.29, 0.717) is 0 Å². The van der Waals surface area contributed by atoms with Gasteiger partial charge in [0, 0.05) is 18.6 Å². The summed E-state index contributed by atoms with van der Waals surface area (Å²) in [7, 11) is 1.94. The van der Waals surface area contributed by atoms with Gasteiger partial charge in [0.25, 0.3) is 0 Å². The van der Waals surface area contributed by atoms with Crippen LogP contribution in [0.25, 0.3) is 0 Å². The molecule has 0 aliphatic heterocycles. The van der Waals surface area contributed by atoms with E-state index in [9.17, 15) is 0 Å². The highest BCUT2D eigenvalue weighted by Crippen LogP contribution is 2.22. The predicted molar refractivity (Wildman–Crippen MR) is 62.1 cm³/mol. The molecule has 0 aliphatic carbocycles. The Balaban J connectivity index is 2.12. The van der Waals surface area contributed by atoms with Crippen LogP contribution < -0.4 is 5.32 Å². The first-order valence-electron chi connectivity index (χ1n) is 4.83. The second-order valence-electron chi connectivity index (χ2n) is 3.50. The van der Waals surface area contributed by atoms with Crippen LogP contribution in [0.3, 0.4) is 0 Å². The summed E-state index contributed by atoms with van der Waals surface area (Å²) in [6, 6.07) is 0.230. The van der Waals surface area contributed by atoms with Crippen LogP contribution in [0.1, 0.15) is 23.7 Å². The van der Waals surface area contributed by atoms with Crippen molar-refractivity contribution >= 4 is 17.0 Å². The van der Waals surface area contributed by atoms with Crippen molar-refractivity contribution in [1.29, 1.82) is 0 Å². The van der Waals surface area contributed by atoms with Crippen molar-refractivity contribution in [1.82, 2.24) is 14.8 Å². The molecule has 0 aromatic carbocycles. The number of nitrogens with zero attached hydrogens (tertiary/aromatic N) is 3. The van der Waals surface area contributed by atoms with Gasteiger partial charge in [-0.3, -0.25) is 4.68 Å². The molecule has 1 N–H and O–H groups in total. The highest BCUT2D eigenvalue weighted by Gasteiger charge is 2.10. The minimum atomic E-state index is 0.230. The summed E-state index contributed by atoms with van der Waals surface area (Å²) < 4.78 is 1.86. The molecule has 0 radical (unpaired) electrons. The minimum absolute atomic E-state index is 0.230. The van der Waals surface area contributed by atoms with E-state index in [1.807, 2.05) is 36.4 Å². The van der Waals surface area contributed by atoms with Gasteiger partial charge in [-0.25, -0.2) is 4.98 Å². The summed E-state index contributed by atoms with van der Waals surface area (Å²) >= 11 is 1.66. The zero-order chi connectivity index (χ0) is 10.8. The Morgan fingerprint density at radius 3 is 2.87 bits per heavy atom. The van der Waals surface area contributed by atoms with E-state index in [2.05, 4.69) is 22.3 Å². The summed E-state index contributed by atoms with van der Waals surface area (Å²) in [6.45, 7) is 4.15. The third-order valence-corrected chi connectivity index (χ3v) is 3.39. The maximum absolute atomic E-state index is 4.28. The number of aryl methyl sites for hydroxylation is 1. The molecule has 0 saturated carbocycles. The lowest BCUT2D eigenvalue weighted by molar-refractivity contribution is 0.739. The topological polar surface area (TPSA) is 42.7 Å². The van der Waals surface area contributed by atoms with Crippen molar-refractivity contribution in [3.05, 3.63) is 28.5 Å². The Kier molecular flexibility index (Phi) is 2.73. The van der Waals surface area contributed by atoms with Crippen molar-refractivity contribution in [2.45, 2.75) is 19.9 Å². The first-order valence-corrected chi connectivity index (χ1v) is 5.71. The molecule has 2 aromatic heterocycles. The molecule has 4 nitrogen and oxygen atoms in total. The average molecular weight is 222 g/mol. The third kappa shape index (κ3) is 2.02. The summed E-state index contributed by atoms with van der Waals surface area (Å²) in [6.07, 6.45) is 3.67. The molecule has 5 heteroatoms. The van der Waals surface area contributed by atoms with Gasteiger partial charge in [0.1, 0.15) is 5.01 Å². The molecule has 0 spiro atoms. The molecule has 1 atom stereocenters. The second kappa shape index (κ2) is 4.02. The van der Waals surface area contributed by atoms with Gasteiger partial charge >= 0.3 is 0 Å². The van der Waals surface area contributed by atoms with Crippen LogP contribution in [0.15, 0.2) is 17.8 Å². The molecular formula is C10H14N4S. The molecule has 2 heterocycles. The molecular weight excluding hydrogens is 208 g/mol. The SMILES string of the molecule is Cc1c(NC(C)c2nccs2)cnn1C. The number of hydrogen-bond acceptors (Lipinski definition) is 4. The summed E-state index contributed by atoms with van der Waals surface area (Å²) in [5, 5.41) is 10.7. The smallest absolute Gasteiger partial charge is 0.115 e. The quantitative estimate of drug-likeness (QED) is 0.867. The Bertz CT molecular complexity index is 432. The van der Waals surface area contributed by atoms with Crippen molar-refractivity contribution in [2.24, 2.45) is 7.05 Å². The van der Waals surface area contributed by atoms with Gasteiger partial charge < -0.3 is 5.32 Å². The van der Waals surface area contributed by atoms with Crippen LogP contribution in [-0.2, 0) is 7.05 Å². The lowest BCUT2D eigenvalue weighted by Gasteiger charge is -2.11. The van der Waals surface area contributed by atoms with Crippen LogP contribution in [0, 0.1) is 6.92 Å². The third-order valence-electron chi connectivity index (χ3n) is 2.43. The van der Waals surface area contributed by atoms with E-state index >= 15 is 0 Å². The predicted octanol–water partition coefficient (Wildman–Crippen LogP) is 2.36. The number of anilines is 1. The van der Waals surface area contributed by atoms with E-state index < -0.39 is 0 Å². The van der Waals surface area contributed by atoms with Crippen LogP contribution >= 0.6 is 11.3 Å². The van der Waals surface area contributed by atoms with Crippen molar-refractivity contribution in [3.63, 3.8) is 0 Å². The van der Waals surface area contributed by atoms with Gasteiger partial charge in [-0.05, 0) is 13.8 Å². The number of rotatable bonds is 3. The highest BCUT2D eigenvalue weighted by atomic mass is 32.1. The Morgan fingerprint density at radius 1 is 1.53 bits per heavy atom. The summed E-state index contributed by atoms with van der Waals surface area (Å²) in [4.78, 5) is 4.28. The van der Waals surface area contributed by atoms with E-state index in [1.165, 1.54) is 0 Å². The molecule has 80 valence electrons. The molecule has 1 unspecified atom stereocenters. The monoisotopic (exact) mass is 222 g/mol. The van der Waals surface area contributed by atoms with Gasteiger partial charge in [0.05, 0.1) is 23.6 Å². The van der Waals surface area contributed by atoms with E-state index in [0.717, 1.165) is 16.4 Å². The molecule has 0 saturated heterocycles. The van der Waals surface area contributed by atoms with E-state index in [1.54, 1.807) is 11.3 Å². The van der Waals surface area contributed by atoms with Crippen LogP contribution in [0.2, 0.25) is 0 Å². The van der Waals surface area contributed by atoms with Gasteiger partial charge in [0.2, 0.25) is 0 Å². The number of nitrogens with one attached hydrogen (secondary N) is 1. The highest BCUT2D eigenvalue weighted by molar-refractivity contribution is 7.09. The van der Waals surface area contributed by atoms with Crippen molar-refractivity contribution in [2.75, 3.05) is 5.32 Å². The molecule has 0 amide bonds. The Hall–Kier alpha value is -1.36. The van der Waals surface area contributed by atoms with Crippen LogP contribution in [0.4, 0.5) is 5.69 Å². The molecule has 2 rings (SSSR count). The zero-order valence-electron chi connectivity index (χ0n) is 9.06. The lowest BCUT2D eigenvalue weighted by atomic mass is 10.3. The summed E-state index contributed by atoms with van der Waals surface area (Å²) in [5.74, 6) is 0. The Morgan fingerprint density at radius 2 is 2.33 bits per heavy atom. The van der Waals surface area contributed by atoms with E-state index in [-0.39, 0.29) is 6.04 Å². The van der Waals surface area contributed by atoms with Gasteiger partial charge in [-0.15, -0.1) is 11.3 Å². The van der Waals surface area contributed by atoms with Crippen LogP contribution in [-0.4, -0.2) is 14.8 Å². The van der Waals surface area contributed by atoms with Gasteiger partial charge in [0.15, 0.2) is 0 Å². The Labute approximate surface area is 93.0 Å². The minimum Gasteiger partial charge on any atom is -0.373 e. The molecule has 15 heavy (non-hydrogen) atoms. The number of hydrogen-bond donors (Lipinski definition) is 1. The fourth-order valence-corrected chi connectivity index (χ4v) is 2.03. The van der Waals surface area contributed by atoms with Gasteiger partial charge in [-0.1, -0.05) is 0 Å². The zero-order valence-corrected chi connectivity index (χ0v) is 9.88. The van der Waals surface area contributed by atoms with Crippen molar-refractivity contribution in [3.8, 4) is 0 Å². The molecule has 0 fully saturated rings. The standard InChI is InChI=1S/C10H14N4S/c1-7(10-11-4-5-15-10)13-9-6-12-14(3)8(9)2/h4-7,13H,1-3H3. The van der Waals surface area contributed by atoms with E-state index in [4.69, 9.17) is 0 Å². The van der Waals surface area contributed by atoms with Gasteiger partial charge in [-0.2, -0.15) is 5.10 Å². The maximum atomic E-state index is 4.28. The lowest BCUT2D eigenvalue weighted by Crippen LogP contribution is -2.06. The number of thiazole rings is 1. The normalized spacial score (nSPS) is 12.7.